The first-order valence-electron chi connectivity index (χ1n) is 5.56. The number of alkyl halides is 1. The fraction of sp³-hybridized carbons (Fsp3) is 0.538. The molecule has 90 valence electrons. The lowest BCUT2D eigenvalue weighted by Crippen LogP contribution is -2.05. The summed E-state index contributed by atoms with van der Waals surface area (Å²) in [6.07, 6.45) is 2.74. The van der Waals surface area contributed by atoms with E-state index in [1.54, 1.807) is 6.07 Å². The second kappa shape index (κ2) is 6.61. The number of benzene rings is 1. The van der Waals surface area contributed by atoms with Crippen molar-refractivity contribution in [3.8, 4) is 0 Å². The third kappa shape index (κ3) is 5.31. The van der Waals surface area contributed by atoms with Crippen LogP contribution in [-0.2, 0) is 6.42 Å². The lowest BCUT2D eigenvalue weighted by Gasteiger charge is -2.11. The van der Waals surface area contributed by atoms with E-state index < -0.39 is 0 Å². The van der Waals surface area contributed by atoms with Gasteiger partial charge in [-0.25, -0.2) is 4.39 Å². The first-order valence-corrected chi connectivity index (χ1v) is 6.79. The van der Waals surface area contributed by atoms with Crippen LogP contribution in [0, 0.1) is 11.7 Å². The van der Waals surface area contributed by atoms with Crippen LogP contribution in [0.3, 0.4) is 0 Å². The van der Waals surface area contributed by atoms with Crippen LogP contribution in [0.1, 0.15) is 32.3 Å². The number of aryl methyl sites for hydroxylation is 1. The Morgan fingerprint density at radius 2 is 2.00 bits per heavy atom. The Balaban J connectivity index is 2.48. The van der Waals surface area contributed by atoms with Crippen LogP contribution in [-0.4, -0.2) is 5.38 Å². The Morgan fingerprint density at radius 1 is 1.31 bits per heavy atom. The molecule has 0 amide bonds. The molecule has 1 aromatic carbocycles. The van der Waals surface area contributed by atoms with Crippen LogP contribution in [0.15, 0.2) is 22.7 Å². The van der Waals surface area contributed by atoms with E-state index in [0.29, 0.717) is 5.92 Å². The van der Waals surface area contributed by atoms with Crippen molar-refractivity contribution in [3.63, 3.8) is 0 Å². The summed E-state index contributed by atoms with van der Waals surface area (Å²) < 4.78 is 13.9. The van der Waals surface area contributed by atoms with E-state index >= 15 is 0 Å². The Kier molecular flexibility index (Phi) is 5.77. The molecule has 0 aromatic heterocycles. The normalized spacial score (nSPS) is 13.1. The highest BCUT2D eigenvalue weighted by molar-refractivity contribution is 9.10. The summed E-state index contributed by atoms with van der Waals surface area (Å²) in [6, 6.07) is 4.99. The molecule has 3 heteroatoms. The molecular formula is C13H17BrClF. The second-order valence-corrected chi connectivity index (χ2v) is 6.08. The average Bonchev–Trinajstić information content (AvgIpc) is 2.12. The van der Waals surface area contributed by atoms with Gasteiger partial charge in [-0.2, -0.15) is 0 Å². The van der Waals surface area contributed by atoms with Gasteiger partial charge in [-0.05, 0) is 48.9 Å². The van der Waals surface area contributed by atoms with Crippen molar-refractivity contribution in [2.75, 3.05) is 0 Å². The zero-order valence-corrected chi connectivity index (χ0v) is 12.0. The summed E-state index contributed by atoms with van der Waals surface area (Å²) in [5.74, 6) is 0.418. The Labute approximate surface area is 110 Å². The molecule has 0 aliphatic heterocycles. The topological polar surface area (TPSA) is 0 Å². The average molecular weight is 308 g/mol. The molecule has 0 bridgehead atoms. The summed E-state index contributed by atoms with van der Waals surface area (Å²) in [5.41, 5.74) is 1.00. The highest BCUT2D eigenvalue weighted by atomic mass is 79.9. The van der Waals surface area contributed by atoms with Crippen LogP contribution < -0.4 is 0 Å². The van der Waals surface area contributed by atoms with Crippen LogP contribution in [0.5, 0.6) is 0 Å². The molecule has 0 radical (unpaired) electrons. The van der Waals surface area contributed by atoms with Crippen LogP contribution in [0.2, 0.25) is 0 Å². The van der Waals surface area contributed by atoms with E-state index in [1.807, 2.05) is 6.07 Å². The van der Waals surface area contributed by atoms with Gasteiger partial charge in [0.25, 0.3) is 0 Å². The third-order valence-corrected chi connectivity index (χ3v) is 3.25. The molecule has 0 saturated carbocycles. The second-order valence-electron chi connectivity index (χ2n) is 4.54. The van der Waals surface area contributed by atoms with Gasteiger partial charge in [-0.1, -0.05) is 29.8 Å². The highest BCUT2D eigenvalue weighted by Crippen LogP contribution is 2.20. The van der Waals surface area contributed by atoms with Crippen LogP contribution in [0.25, 0.3) is 0 Å². The van der Waals surface area contributed by atoms with Crippen molar-refractivity contribution >= 4 is 27.5 Å². The van der Waals surface area contributed by atoms with Crippen molar-refractivity contribution in [1.29, 1.82) is 0 Å². The summed E-state index contributed by atoms with van der Waals surface area (Å²) >= 11 is 9.49. The van der Waals surface area contributed by atoms with Crippen molar-refractivity contribution in [2.24, 2.45) is 5.92 Å². The third-order valence-electron chi connectivity index (χ3n) is 2.40. The van der Waals surface area contributed by atoms with E-state index in [4.69, 9.17) is 11.6 Å². The van der Waals surface area contributed by atoms with Crippen molar-refractivity contribution in [2.45, 2.75) is 38.5 Å². The van der Waals surface area contributed by atoms with E-state index in [1.165, 1.54) is 6.07 Å². The van der Waals surface area contributed by atoms with E-state index in [2.05, 4.69) is 29.8 Å². The standard InChI is InChI=1S/C13H17BrClF/c1-9(2)5-12(15)4-3-10-6-11(14)8-13(16)7-10/h6-9,12H,3-5H2,1-2H3. The van der Waals surface area contributed by atoms with E-state index in [0.717, 1.165) is 29.3 Å². The maximum absolute atomic E-state index is 13.1. The molecule has 0 aliphatic carbocycles. The predicted octanol–water partition coefficient (Wildman–Crippen LogP) is 5.17. The molecule has 16 heavy (non-hydrogen) atoms. The molecule has 0 nitrogen and oxygen atoms in total. The minimum absolute atomic E-state index is 0.182. The molecule has 0 fully saturated rings. The maximum atomic E-state index is 13.1. The van der Waals surface area contributed by atoms with Gasteiger partial charge >= 0.3 is 0 Å². The lowest BCUT2D eigenvalue weighted by molar-refractivity contribution is 0.543. The van der Waals surface area contributed by atoms with Crippen molar-refractivity contribution in [1.82, 2.24) is 0 Å². The molecule has 0 N–H and O–H groups in total. The van der Waals surface area contributed by atoms with Gasteiger partial charge in [0.05, 0.1) is 0 Å². The molecular weight excluding hydrogens is 290 g/mol. The van der Waals surface area contributed by atoms with Gasteiger partial charge in [0.2, 0.25) is 0 Å². The summed E-state index contributed by atoms with van der Waals surface area (Å²) in [4.78, 5) is 0. The quantitative estimate of drug-likeness (QED) is 0.658. The minimum Gasteiger partial charge on any atom is -0.207 e. The number of rotatable bonds is 5. The summed E-state index contributed by atoms with van der Waals surface area (Å²) in [6.45, 7) is 4.32. The fourth-order valence-corrected chi connectivity index (χ4v) is 2.69. The fourth-order valence-electron chi connectivity index (χ4n) is 1.71. The molecule has 1 atom stereocenters. The highest BCUT2D eigenvalue weighted by Gasteiger charge is 2.08. The predicted molar refractivity (Wildman–Crippen MR) is 71.5 cm³/mol. The van der Waals surface area contributed by atoms with Crippen molar-refractivity contribution < 1.29 is 4.39 Å². The molecule has 0 heterocycles. The van der Waals surface area contributed by atoms with E-state index in [-0.39, 0.29) is 11.2 Å². The summed E-state index contributed by atoms with van der Waals surface area (Å²) in [7, 11) is 0. The zero-order chi connectivity index (χ0) is 12.1. The molecule has 1 rings (SSSR count). The van der Waals surface area contributed by atoms with Crippen LogP contribution >= 0.6 is 27.5 Å². The van der Waals surface area contributed by atoms with E-state index in [9.17, 15) is 4.39 Å². The largest absolute Gasteiger partial charge is 0.207 e. The van der Waals surface area contributed by atoms with Crippen LogP contribution in [0.4, 0.5) is 4.39 Å². The Hall–Kier alpha value is -0.0800. The Morgan fingerprint density at radius 3 is 2.56 bits per heavy atom. The minimum atomic E-state index is -0.195. The van der Waals surface area contributed by atoms with Gasteiger partial charge in [-0.15, -0.1) is 11.6 Å². The molecule has 1 aromatic rings. The van der Waals surface area contributed by atoms with Gasteiger partial charge in [0.15, 0.2) is 0 Å². The van der Waals surface area contributed by atoms with Gasteiger partial charge in [0.1, 0.15) is 5.82 Å². The number of hydrogen-bond donors (Lipinski definition) is 0. The van der Waals surface area contributed by atoms with Crippen molar-refractivity contribution in [3.05, 3.63) is 34.1 Å². The number of halogens is 3. The first kappa shape index (κ1) is 14.0. The van der Waals surface area contributed by atoms with Gasteiger partial charge in [-0.3, -0.25) is 0 Å². The first-order chi connectivity index (χ1) is 7.47. The monoisotopic (exact) mass is 306 g/mol. The molecule has 0 aliphatic rings. The molecule has 1 unspecified atom stereocenters. The molecule has 0 spiro atoms. The summed E-state index contributed by atoms with van der Waals surface area (Å²) in [5, 5.41) is 0.182. The maximum Gasteiger partial charge on any atom is 0.124 e. The molecule has 0 saturated heterocycles. The lowest BCUT2D eigenvalue weighted by atomic mass is 10.0. The number of hydrogen-bond acceptors (Lipinski definition) is 0. The Bertz CT molecular complexity index is 318. The van der Waals surface area contributed by atoms with Gasteiger partial charge in [0, 0.05) is 9.85 Å². The smallest absolute Gasteiger partial charge is 0.124 e. The SMILES string of the molecule is CC(C)CC(Cl)CCc1cc(F)cc(Br)c1. The zero-order valence-electron chi connectivity index (χ0n) is 9.64. The van der Waals surface area contributed by atoms with Gasteiger partial charge < -0.3 is 0 Å².